The van der Waals surface area contributed by atoms with Crippen LogP contribution in [0, 0.1) is 6.92 Å². The first-order valence-electron chi connectivity index (χ1n) is 11.5. The molecular weight excluding hydrogens is 452 g/mol. The number of sulfonamides is 1. The molecule has 2 aliphatic rings. The summed E-state index contributed by atoms with van der Waals surface area (Å²) in [6.45, 7) is 6.24. The summed E-state index contributed by atoms with van der Waals surface area (Å²) in [7, 11) is -3.72. The van der Waals surface area contributed by atoms with Gasteiger partial charge < -0.3 is 14.5 Å². The van der Waals surface area contributed by atoms with Gasteiger partial charge in [0.2, 0.25) is 10.0 Å². The number of amides is 1. The fraction of sp³-hybridized carbons (Fsp3) is 0.360. The molecule has 0 N–H and O–H groups in total. The number of fused-ring (bicyclic) bond motifs is 1. The molecule has 0 bridgehead atoms. The number of morpholine rings is 1. The molecule has 3 heterocycles. The lowest BCUT2D eigenvalue weighted by Gasteiger charge is -2.34. The van der Waals surface area contributed by atoms with Gasteiger partial charge in [0.05, 0.1) is 18.7 Å². The largest absolute Gasteiger partial charge is 0.378 e. The molecule has 2 saturated heterocycles. The van der Waals surface area contributed by atoms with Crippen LogP contribution in [-0.4, -0.2) is 81.0 Å². The molecule has 0 saturated carbocycles. The van der Waals surface area contributed by atoms with Gasteiger partial charge in [0.15, 0.2) is 0 Å². The highest BCUT2D eigenvalue weighted by Gasteiger charge is 2.32. The fourth-order valence-electron chi connectivity index (χ4n) is 4.54. The van der Waals surface area contributed by atoms with E-state index in [1.165, 1.54) is 4.31 Å². The molecule has 0 spiro atoms. The Kier molecular flexibility index (Phi) is 6.24. The molecule has 9 heteroatoms. The molecule has 5 rings (SSSR count). The number of nitrogens with zero attached hydrogens (tertiary/aromatic N) is 4. The van der Waals surface area contributed by atoms with E-state index in [4.69, 9.17) is 4.74 Å². The SMILES string of the molecule is Cc1cnc2c(S(=O)(=O)N3CCN(C(=O)c4ccc(N5CCOCC5)cc4)CC3)cccc2c1. The van der Waals surface area contributed by atoms with Crippen LogP contribution in [0.3, 0.4) is 0 Å². The Morgan fingerprint density at radius 3 is 2.35 bits per heavy atom. The average Bonchev–Trinajstić information content (AvgIpc) is 2.88. The van der Waals surface area contributed by atoms with Crippen LogP contribution in [0.15, 0.2) is 59.6 Å². The number of benzene rings is 2. The van der Waals surface area contributed by atoms with Crippen LogP contribution in [0.4, 0.5) is 5.69 Å². The van der Waals surface area contributed by atoms with Crippen molar-refractivity contribution in [3.8, 4) is 0 Å². The fourth-order valence-corrected chi connectivity index (χ4v) is 6.13. The minimum atomic E-state index is -3.72. The third kappa shape index (κ3) is 4.38. The maximum atomic E-state index is 13.4. The topological polar surface area (TPSA) is 83.1 Å². The summed E-state index contributed by atoms with van der Waals surface area (Å²) >= 11 is 0. The van der Waals surface area contributed by atoms with E-state index in [-0.39, 0.29) is 23.9 Å². The van der Waals surface area contributed by atoms with Crippen LogP contribution in [0.1, 0.15) is 15.9 Å². The summed E-state index contributed by atoms with van der Waals surface area (Å²) in [5, 5.41) is 0.801. The predicted molar refractivity (Wildman–Crippen MR) is 131 cm³/mol. The molecule has 34 heavy (non-hydrogen) atoms. The molecule has 2 fully saturated rings. The molecule has 0 unspecified atom stereocenters. The first kappa shape index (κ1) is 22.8. The number of para-hydroxylation sites is 1. The van der Waals surface area contributed by atoms with E-state index < -0.39 is 10.0 Å². The lowest BCUT2D eigenvalue weighted by Crippen LogP contribution is -2.50. The molecule has 1 aromatic heterocycles. The van der Waals surface area contributed by atoms with E-state index in [1.54, 1.807) is 23.2 Å². The van der Waals surface area contributed by atoms with Crippen molar-refractivity contribution in [2.24, 2.45) is 0 Å². The Labute approximate surface area is 199 Å². The van der Waals surface area contributed by atoms with Gasteiger partial charge in [-0.05, 0) is 48.9 Å². The highest BCUT2D eigenvalue weighted by molar-refractivity contribution is 7.89. The first-order chi connectivity index (χ1) is 16.4. The van der Waals surface area contributed by atoms with Gasteiger partial charge in [0, 0.05) is 62.1 Å². The van der Waals surface area contributed by atoms with Gasteiger partial charge in [0.25, 0.3) is 5.91 Å². The number of aromatic nitrogens is 1. The molecule has 8 nitrogen and oxygen atoms in total. The normalized spacial score (nSPS) is 17.8. The number of rotatable bonds is 4. The Morgan fingerprint density at radius 1 is 0.941 bits per heavy atom. The number of ether oxygens (including phenoxy) is 1. The van der Waals surface area contributed by atoms with Crippen molar-refractivity contribution in [3.63, 3.8) is 0 Å². The zero-order valence-corrected chi connectivity index (χ0v) is 20.0. The van der Waals surface area contributed by atoms with Gasteiger partial charge in [-0.1, -0.05) is 12.1 Å². The van der Waals surface area contributed by atoms with E-state index in [0.717, 1.165) is 29.7 Å². The highest BCUT2D eigenvalue weighted by Crippen LogP contribution is 2.26. The summed E-state index contributed by atoms with van der Waals surface area (Å²) in [6, 6.07) is 14.8. The molecule has 3 aromatic rings. The highest BCUT2D eigenvalue weighted by atomic mass is 32.2. The Hall–Kier alpha value is -3.01. The third-order valence-electron chi connectivity index (χ3n) is 6.44. The summed E-state index contributed by atoms with van der Waals surface area (Å²) < 4.78 is 33.6. The van der Waals surface area contributed by atoms with Gasteiger partial charge in [0.1, 0.15) is 4.90 Å². The molecule has 1 amide bonds. The molecule has 2 aromatic carbocycles. The summed E-state index contributed by atoms with van der Waals surface area (Å²) in [5.74, 6) is -0.0760. The number of carbonyl (C=O) groups excluding carboxylic acids is 1. The van der Waals surface area contributed by atoms with Crippen molar-refractivity contribution >= 4 is 32.5 Å². The second-order valence-corrected chi connectivity index (χ2v) is 10.6. The Morgan fingerprint density at radius 2 is 1.65 bits per heavy atom. The van der Waals surface area contributed by atoms with Crippen molar-refractivity contribution in [1.82, 2.24) is 14.2 Å². The van der Waals surface area contributed by atoms with Gasteiger partial charge in [-0.2, -0.15) is 4.31 Å². The molecule has 2 aliphatic heterocycles. The van der Waals surface area contributed by atoms with Gasteiger partial charge in [-0.25, -0.2) is 8.42 Å². The molecule has 0 aliphatic carbocycles. The summed E-state index contributed by atoms with van der Waals surface area (Å²) in [6.07, 6.45) is 1.68. The van der Waals surface area contributed by atoms with Crippen molar-refractivity contribution in [2.45, 2.75) is 11.8 Å². The van der Waals surface area contributed by atoms with Gasteiger partial charge in [-0.3, -0.25) is 9.78 Å². The van der Waals surface area contributed by atoms with Crippen LogP contribution in [0.2, 0.25) is 0 Å². The van der Waals surface area contributed by atoms with Crippen LogP contribution < -0.4 is 4.90 Å². The number of carbonyl (C=O) groups is 1. The predicted octanol–water partition coefficient (Wildman–Crippen LogP) is 2.53. The van der Waals surface area contributed by atoms with Crippen LogP contribution in [0.25, 0.3) is 10.9 Å². The minimum Gasteiger partial charge on any atom is -0.378 e. The van der Waals surface area contributed by atoms with Gasteiger partial charge in [-0.15, -0.1) is 0 Å². The monoisotopic (exact) mass is 480 g/mol. The maximum absolute atomic E-state index is 13.4. The zero-order chi connectivity index (χ0) is 23.7. The van der Waals surface area contributed by atoms with Crippen LogP contribution in [0.5, 0.6) is 0 Å². The quantitative estimate of drug-likeness (QED) is 0.571. The van der Waals surface area contributed by atoms with Gasteiger partial charge >= 0.3 is 0 Å². The van der Waals surface area contributed by atoms with Crippen molar-refractivity contribution in [3.05, 3.63) is 65.9 Å². The van der Waals surface area contributed by atoms with E-state index in [1.807, 2.05) is 43.3 Å². The summed E-state index contributed by atoms with van der Waals surface area (Å²) in [5.41, 5.74) is 3.15. The van der Waals surface area contributed by atoms with Crippen LogP contribution >= 0.6 is 0 Å². The summed E-state index contributed by atoms with van der Waals surface area (Å²) in [4.78, 5) is 21.6. The second-order valence-electron chi connectivity index (χ2n) is 8.68. The Balaban J connectivity index is 1.27. The second kappa shape index (κ2) is 9.32. The molecule has 0 atom stereocenters. The third-order valence-corrected chi connectivity index (χ3v) is 8.38. The maximum Gasteiger partial charge on any atom is 0.253 e. The van der Waals surface area contributed by atoms with E-state index in [2.05, 4.69) is 9.88 Å². The number of hydrogen-bond acceptors (Lipinski definition) is 6. The number of anilines is 1. The number of hydrogen-bond donors (Lipinski definition) is 0. The standard InChI is InChI=1S/C25H28N4O4S/c1-19-17-21-3-2-4-23(24(21)26-18-19)34(31,32)29-11-9-28(10-12-29)25(30)20-5-7-22(8-6-20)27-13-15-33-16-14-27/h2-8,17-18H,9-16H2,1H3. The van der Waals surface area contributed by atoms with E-state index in [9.17, 15) is 13.2 Å². The number of piperazine rings is 1. The van der Waals surface area contributed by atoms with E-state index in [0.29, 0.717) is 37.4 Å². The number of aryl methyl sites for hydroxylation is 1. The van der Waals surface area contributed by atoms with Crippen molar-refractivity contribution < 1.29 is 17.9 Å². The number of pyridine rings is 1. The minimum absolute atomic E-state index is 0.0760. The molecule has 0 radical (unpaired) electrons. The first-order valence-corrected chi connectivity index (χ1v) is 12.9. The van der Waals surface area contributed by atoms with Crippen molar-refractivity contribution in [2.75, 3.05) is 57.4 Å². The average molecular weight is 481 g/mol. The van der Waals surface area contributed by atoms with Crippen molar-refractivity contribution in [1.29, 1.82) is 0 Å². The molecular formula is C25H28N4O4S. The Bertz CT molecular complexity index is 1300. The van der Waals surface area contributed by atoms with Crippen LogP contribution in [-0.2, 0) is 14.8 Å². The smallest absolute Gasteiger partial charge is 0.253 e. The zero-order valence-electron chi connectivity index (χ0n) is 19.2. The lowest BCUT2D eigenvalue weighted by molar-refractivity contribution is 0.0698. The lowest BCUT2D eigenvalue weighted by atomic mass is 10.1. The molecule has 178 valence electrons. The van der Waals surface area contributed by atoms with E-state index >= 15 is 0 Å².